The van der Waals surface area contributed by atoms with Crippen LogP contribution in [0.1, 0.15) is 62.4 Å². The molecule has 1 aliphatic heterocycles. The Morgan fingerprint density at radius 2 is 1.50 bits per heavy atom. The number of halogens is 3. The average Bonchev–Trinajstić information content (AvgIpc) is 3.19. The monoisotopic (exact) mass is 854 g/mol. The van der Waals surface area contributed by atoms with Crippen molar-refractivity contribution in [1.29, 1.82) is 0 Å². The van der Waals surface area contributed by atoms with Gasteiger partial charge in [0.05, 0.1) is 10.6 Å². The van der Waals surface area contributed by atoms with Crippen LogP contribution in [0.3, 0.4) is 0 Å². The number of sulfonamides is 1. The molecule has 0 bridgehead atoms. The molecule has 2 aliphatic rings. The molecule has 9 nitrogen and oxygen atoms in total. The van der Waals surface area contributed by atoms with E-state index in [0.717, 1.165) is 74.7 Å². The number of carbonyl (C=O) groups is 1. The van der Waals surface area contributed by atoms with E-state index in [0.29, 0.717) is 18.2 Å². The first kappa shape index (κ1) is 43.3. The van der Waals surface area contributed by atoms with Crippen LogP contribution in [-0.4, -0.2) is 77.7 Å². The molecular weight excluding hydrogens is 806 g/mol. The van der Waals surface area contributed by atoms with E-state index in [1.54, 1.807) is 19.1 Å². The molecule has 0 spiro atoms. The number of alkyl halides is 3. The van der Waals surface area contributed by atoms with Gasteiger partial charge in [-0.15, -0.1) is 11.8 Å². The molecule has 0 radical (unpaired) electrons. The quantitative estimate of drug-likeness (QED) is 0.120. The normalized spacial score (nSPS) is 17.2. The molecule has 6 rings (SSSR count). The third kappa shape index (κ3) is 10.5. The fraction of sp³-hybridized carbons (Fsp3) is 0.372. The molecule has 2 N–H and O–H groups in total. The Hall–Kier alpha value is -4.31. The summed E-state index contributed by atoms with van der Waals surface area (Å²) in [4.78, 5) is 16.7. The number of thioether (sulfide) groups is 1. The van der Waals surface area contributed by atoms with Gasteiger partial charge < -0.3 is 10.2 Å². The highest BCUT2D eigenvalue weighted by Gasteiger charge is 2.48. The number of amides is 1. The maximum atomic E-state index is 13.9. The van der Waals surface area contributed by atoms with Crippen molar-refractivity contribution < 1.29 is 34.8 Å². The van der Waals surface area contributed by atoms with Crippen LogP contribution >= 0.6 is 11.8 Å². The van der Waals surface area contributed by atoms with Crippen LogP contribution in [0.15, 0.2) is 123 Å². The number of hydrogen-bond acceptors (Lipinski definition) is 9. The lowest BCUT2D eigenvalue weighted by Crippen LogP contribution is -2.47. The highest BCUT2D eigenvalue weighted by Crippen LogP contribution is 2.43. The highest BCUT2D eigenvalue weighted by molar-refractivity contribution is 7.99. The molecule has 4 aromatic carbocycles. The number of hydrogen-bond donors (Lipinski definition) is 2. The first-order valence-electron chi connectivity index (χ1n) is 19.3. The maximum Gasteiger partial charge on any atom is 0.501 e. The summed E-state index contributed by atoms with van der Waals surface area (Å²) in [5.41, 5.74) is -0.745. The molecule has 1 unspecified atom stereocenters. The van der Waals surface area contributed by atoms with Crippen molar-refractivity contribution >= 4 is 54.5 Å². The zero-order valence-electron chi connectivity index (χ0n) is 32.8. The topological polar surface area (TPSA) is 116 Å². The highest BCUT2D eigenvalue weighted by atomic mass is 32.2. The molecule has 1 aliphatic carbocycles. The van der Waals surface area contributed by atoms with Gasteiger partial charge in [0.25, 0.3) is 25.8 Å². The molecule has 58 heavy (non-hydrogen) atoms. The predicted octanol–water partition coefficient (Wildman–Crippen LogP) is 8.87. The third-order valence-electron chi connectivity index (χ3n) is 10.7. The number of carbonyl (C=O) groups excluding carboxylic acids is 1. The molecule has 1 atom stereocenters. The Bertz CT molecular complexity index is 2310. The Labute approximate surface area is 344 Å². The van der Waals surface area contributed by atoms with Gasteiger partial charge in [0.1, 0.15) is 4.90 Å². The number of anilines is 2. The second kappa shape index (κ2) is 17.9. The summed E-state index contributed by atoms with van der Waals surface area (Å²) in [5, 5.41) is 2.86. The van der Waals surface area contributed by atoms with Gasteiger partial charge in [0.2, 0.25) is 0 Å². The smallest absolute Gasteiger partial charge is 0.380 e. The molecule has 0 saturated carbocycles. The number of sulfone groups is 1. The molecule has 1 amide bonds. The second-order valence-electron chi connectivity index (χ2n) is 15.5. The van der Waals surface area contributed by atoms with E-state index in [2.05, 4.69) is 53.2 Å². The number of benzene rings is 4. The molecule has 310 valence electrons. The SMILES string of the molecule is CCC(CSc1ccccc1)Nc1ccc(S(=O)(=O)NC(=O)c2ccc(N3CCN(CC4=C(c5ccccc5)CCC(C)(C)C4)CC3)cc2)cc1S(=O)(=O)C(F)(F)F. The van der Waals surface area contributed by atoms with Crippen molar-refractivity contribution in [1.82, 2.24) is 9.62 Å². The van der Waals surface area contributed by atoms with E-state index in [-0.39, 0.29) is 11.0 Å². The zero-order chi connectivity index (χ0) is 41.7. The minimum absolute atomic E-state index is 0.00868. The summed E-state index contributed by atoms with van der Waals surface area (Å²) in [6, 6.07) is 28.3. The van der Waals surface area contributed by atoms with Crippen molar-refractivity contribution in [2.45, 2.75) is 72.7 Å². The van der Waals surface area contributed by atoms with Crippen LogP contribution in [0, 0.1) is 5.41 Å². The third-order valence-corrected chi connectivity index (χ3v) is 14.7. The summed E-state index contributed by atoms with van der Waals surface area (Å²) in [6.07, 6.45) is 3.71. The summed E-state index contributed by atoms with van der Waals surface area (Å²) in [6.45, 7) is 10.6. The van der Waals surface area contributed by atoms with Crippen LogP contribution in [0.5, 0.6) is 0 Å². The minimum Gasteiger partial charge on any atom is -0.380 e. The summed E-state index contributed by atoms with van der Waals surface area (Å²) in [5.74, 6) is -0.620. The second-order valence-corrected chi connectivity index (χ2v) is 20.2. The van der Waals surface area contributed by atoms with E-state index in [1.165, 1.54) is 40.6 Å². The summed E-state index contributed by atoms with van der Waals surface area (Å²) in [7, 11) is -10.8. The van der Waals surface area contributed by atoms with Gasteiger partial charge in [-0.25, -0.2) is 21.6 Å². The minimum atomic E-state index is -5.99. The van der Waals surface area contributed by atoms with Crippen LogP contribution in [0.4, 0.5) is 24.5 Å². The first-order chi connectivity index (χ1) is 27.5. The van der Waals surface area contributed by atoms with Crippen LogP contribution in [0.25, 0.3) is 5.57 Å². The van der Waals surface area contributed by atoms with Crippen molar-refractivity contribution in [3.05, 3.63) is 120 Å². The number of allylic oxidation sites excluding steroid dienone is 1. The van der Waals surface area contributed by atoms with E-state index < -0.39 is 52.8 Å². The molecule has 1 heterocycles. The average molecular weight is 855 g/mol. The fourth-order valence-electron chi connectivity index (χ4n) is 7.38. The summed E-state index contributed by atoms with van der Waals surface area (Å²) < 4.78 is 95.8. The largest absolute Gasteiger partial charge is 0.501 e. The van der Waals surface area contributed by atoms with Gasteiger partial charge >= 0.3 is 5.51 Å². The standard InChI is InChI=1S/C43H49F3N4O5S3/c1-4-34(30-56-36-13-9-6-10-14-36)47-39-20-19-37(27-40(39)57(52,53)43(44,45)46)58(54,55)48-41(51)32-15-17-35(18-16-32)50-25-23-49(24-26-50)29-33-28-42(2,3)22-21-38(33)31-11-7-5-8-12-31/h5-20,27,34,47H,4,21-26,28-30H2,1-3H3,(H,48,51). The van der Waals surface area contributed by atoms with Crippen molar-refractivity contribution in [2.75, 3.05) is 48.7 Å². The zero-order valence-corrected chi connectivity index (χ0v) is 35.2. The maximum absolute atomic E-state index is 13.9. The Morgan fingerprint density at radius 1 is 0.862 bits per heavy atom. The van der Waals surface area contributed by atoms with Crippen LogP contribution < -0.4 is 14.9 Å². The molecule has 1 fully saturated rings. The number of rotatable bonds is 14. The lowest BCUT2D eigenvalue weighted by Gasteiger charge is -2.39. The van der Waals surface area contributed by atoms with E-state index in [1.807, 2.05) is 41.1 Å². The number of nitrogens with one attached hydrogen (secondary N) is 2. The molecule has 0 aromatic heterocycles. The number of piperazine rings is 1. The Kier molecular flexibility index (Phi) is 13.4. The lowest BCUT2D eigenvalue weighted by atomic mass is 9.73. The predicted molar refractivity (Wildman–Crippen MR) is 225 cm³/mol. The Balaban J connectivity index is 1.11. The van der Waals surface area contributed by atoms with Gasteiger partial charge in [-0.05, 0) is 96.8 Å². The number of nitrogens with zero attached hydrogens (tertiary/aromatic N) is 2. The lowest BCUT2D eigenvalue weighted by molar-refractivity contribution is -0.0435. The summed E-state index contributed by atoms with van der Waals surface area (Å²) >= 11 is 1.43. The van der Waals surface area contributed by atoms with E-state index in [9.17, 15) is 34.8 Å². The molecule has 1 saturated heterocycles. The molecule has 4 aromatic rings. The van der Waals surface area contributed by atoms with Crippen LogP contribution in [-0.2, 0) is 19.9 Å². The van der Waals surface area contributed by atoms with Crippen LogP contribution in [0.2, 0.25) is 0 Å². The van der Waals surface area contributed by atoms with Gasteiger partial charge in [-0.3, -0.25) is 9.69 Å². The van der Waals surface area contributed by atoms with E-state index in [4.69, 9.17) is 0 Å². The van der Waals surface area contributed by atoms with Crippen molar-refractivity contribution in [3.8, 4) is 0 Å². The molecule has 15 heteroatoms. The molecular formula is C43H49F3N4O5S3. The van der Waals surface area contributed by atoms with Crippen molar-refractivity contribution in [3.63, 3.8) is 0 Å². The fourth-order valence-corrected chi connectivity index (χ4v) is 10.5. The van der Waals surface area contributed by atoms with Crippen molar-refractivity contribution in [2.24, 2.45) is 5.41 Å². The Morgan fingerprint density at radius 3 is 2.12 bits per heavy atom. The van der Waals surface area contributed by atoms with Gasteiger partial charge in [-0.1, -0.05) is 74.9 Å². The van der Waals surface area contributed by atoms with E-state index >= 15 is 0 Å². The van der Waals surface area contributed by atoms with Gasteiger partial charge in [0.15, 0.2) is 0 Å². The first-order valence-corrected chi connectivity index (χ1v) is 23.2. The van der Waals surface area contributed by atoms with Gasteiger partial charge in [-0.2, -0.15) is 13.2 Å². The van der Waals surface area contributed by atoms with Gasteiger partial charge in [0, 0.05) is 60.7 Å².